The van der Waals surface area contributed by atoms with Crippen LogP contribution in [-0.2, 0) is 28.6 Å². The van der Waals surface area contributed by atoms with Crippen molar-refractivity contribution in [3.63, 3.8) is 0 Å². The molecule has 0 spiro atoms. The van der Waals surface area contributed by atoms with Crippen molar-refractivity contribution >= 4 is 17.9 Å². The summed E-state index contributed by atoms with van der Waals surface area (Å²) in [6, 6.07) is 0. The quantitative estimate of drug-likeness (QED) is 0.0261. The average molecular weight is 1080 g/mol. The molecule has 0 saturated carbocycles. The van der Waals surface area contributed by atoms with E-state index in [1.54, 1.807) is 0 Å². The van der Waals surface area contributed by atoms with Gasteiger partial charge in [0.1, 0.15) is 13.2 Å². The van der Waals surface area contributed by atoms with Gasteiger partial charge in [0.15, 0.2) is 6.10 Å². The Hall–Kier alpha value is -3.15. The summed E-state index contributed by atoms with van der Waals surface area (Å²) < 4.78 is 16.9. The van der Waals surface area contributed by atoms with Crippen LogP contribution in [-0.4, -0.2) is 37.2 Å². The van der Waals surface area contributed by atoms with Crippen LogP contribution >= 0.6 is 0 Å². The van der Waals surface area contributed by atoms with Gasteiger partial charge in [-0.25, -0.2) is 0 Å². The zero-order valence-electron chi connectivity index (χ0n) is 51.2. The van der Waals surface area contributed by atoms with Gasteiger partial charge in [0.2, 0.25) is 0 Å². The first kappa shape index (κ1) is 73.8. The zero-order chi connectivity index (χ0) is 55.7. The van der Waals surface area contributed by atoms with E-state index in [1.165, 1.54) is 186 Å². The SMILES string of the molecule is CC/C=C\C/C=C\C/C=C\C/C=C\CCCCCCCCC(=O)OC(COC(=O)CCCCCCC/C=C\C/C=C\CCCC)COC(=O)CCCCCCCCCCCCCCCCCCCCCCCCCCCC. The highest BCUT2D eigenvalue weighted by molar-refractivity contribution is 5.71. The summed E-state index contributed by atoms with van der Waals surface area (Å²) in [5.41, 5.74) is 0. The lowest BCUT2D eigenvalue weighted by Crippen LogP contribution is -2.30. The highest BCUT2D eigenvalue weighted by Gasteiger charge is 2.19. The fraction of sp³-hybridized carbons (Fsp3) is 0.789. The number of ether oxygens (including phenoxy) is 3. The van der Waals surface area contributed by atoms with E-state index in [4.69, 9.17) is 14.2 Å². The molecule has 77 heavy (non-hydrogen) atoms. The van der Waals surface area contributed by atoms with Crippen LogP contribution in [0.5, 0.6) is 0 Å². The zero-order valence-corrected chi connectivity index (χ0v) is 51.2. The monoisotopic (exact) mass is 1070 g/mol. The molecule has 446 valence electrons. The number of allylic oxidation sites excluding steroid dienone is 12. The molecule has 0 amide bonds. The topological polar surface area (TPSA) is 78.9 Å². The van der Waals surface area contributed by atoms with Crippen molar-refractivity contribution in [1.29, 1.82) is 0 Å². The van der Waals surface area contributed by atoms with Crippen LogP contribution in [0.2, 0.25) is 0 Å². The average Bonchev–Trinajstić information content (AvgIpc) is 3.43. The molecule has 0 aliphatic heterocycles. The summed E-state index contributed by atoms with van der Waals surface area (Å²) in [6.07, 6.45) is 84.9. The molecule has 0 aliphatic carbocycles. The first-order valence-electron chi connectivity index (χ1n) is 33.4. The second-order valence-corrected chi connectivity index (χ2v) is 22.4. The van der Waals surface area contributed by atoms with Crippen molar-refractivity contribution in [2.75, 3.05) is 13.2 Å². The molecular weight excluding hydrogens is 949 g/mol. The van der Waals surface area contributed by atoms with E-state index >= 15 is 0 Å². The van der Waals surface area contributed by atoms with Crippen LogP contribution in [0.25, 0.3) is 0 Å². The number of hydrogen-bond acceptors (Lipinski definition) is 6. The Kier molecular flexibility index (Phi) is 62.7. The van der Waals surface area contributed by atoms with E-state index in [9.17, 15) is 14.4 Å². The first-order chi connectivity index (χ1) is 38.0. The predicted molar refractivity (Wildman–Crippen MR) is 335 cm³/mol. The molecule has 0 saturated heterocycles. The maximum Gasteiger partial charge on any atom is 0.306 e. The van der Waals surface area contributed by atoms with Crippen molar-refractivity contribution in [3.05, 3.63) is 72.9 Å². The molecule has 6 heteroatoms. The number of carbonyl (C=O) groups excluding carboxylic acids is 3. The number of rotatable bonds is 61. The van der Waals surface area contributed by atoms with Gasteiger partial charge in [-0.3, -0.25) is 14.4 Å². The Morgan fingerprint density at radius 2 is 0.519 bits per heavy atom. The molecule has 0 aliphatic rings. The number of unbranched alkanes of at least 4 members (excludes halogenated alkanes) is 38. The van der Waals surface area contributed by atoms with E-state index in [1.807, 2.05) is 0 Å². The van der Waals surface area contributed by atoms with Crippen molar-refractivity contribution in [3.8, 4) is 0 Å². The summed E-state index contributed by atoms with van der Waals surface area (Å²) in [5, 5.41) is 0. The van der Waals surface area contributed by atoms with Gasteiger partial charge in [0, 0.05) is 19.3 Å². The molecule has 0 aromatic rings. The first-order valence-corrected chi connectivity index (χ1v) is 33.4. The van der Waals surface area contributed by atoms with Crippen molar-refractivity contribution in [2.24, 2.45) is 0 Å². The van der Waals surface area contributed by atoms with E-state index in [0.717, 1.165) is 116 Å². The molecule has 0 heterocycles. The van der Waals surface area contributed by atoms with Crippen LogP contribution < -0.4 is 0 Å². The van der Waals surface area contributed by atoms with Crippen LogP contribution in [0.3, 0.4) is 0 Å². The fourth-order valence-electron chi connectivity index (χ4n) is 9.69. The van der Waals surface area contributed by atoms with Crippen LogP contribution in [0.15, 0.2) is 72.9 Å². The van der Waals surface area contributed by atoms with E-state index in [2.05, 4.69) is 93.7 Å². The second kappa shape index (κ2) is 65.4. The van der Waals surface area contributed by atoms with Gasteiger partial charge in [-0.15, -0.1) is 0 Å². The van der Waals surface area contributed by atoms with Gasteiger partial charge in [-0.2, -0.15) is 0 Å². The smallest absolute Gasteiger partial charge is 0.306 e. The van der Waals surface area contributed by atoms with Gasteiger partial charge >= 0.3 is 17.9 Å². The van der Waals surface area contributed by atoms with Gasteiger partial charge in [-0.05, 0) is 83.5 Å². The minimum Gasteiger partial charge on any atom is -0.462 e. The van der Waals surface area contributed by atoms with E-state index in [0.29, 0.717) is 19.3 Å². The summed E-state index contributed by atoms with van der Waals surface area (Å²) in [6.45, 7) is 6.51. The van der Waals surface area contributed by atoms with Crippen LogP contribution in [0.4, 0.5) is 0 Å². The highest BCUT2D eigenvalue weighted by atomic mass is 16.6. The summed E-state index contributed by atoms with van der Waals surface area (Å²) >= 11 is 0. The van der Waals surface area contributed by atoms with Gasteiger partial charge in [-0.1, -0.05) is 312 Å². The van der Waals surface area contributed by atoms with Gasteiger partial charge in [0.05, 0.1) is 0 Å². The Labute approximate surface area is 478 Å². The molecule has 0 aromatic carbocycles. The Balaban J connectivity index is 4.28. The predicted octanol–water partition coefficient (Wildman–Crippen LogP) is 22.9. The largest absolute Gasteiger partial charge is 0.462 e. The second-order valence-electron chi connectivity index (χ2n) is 22.4. The third-order valence-corrected chi connectivity index (χ3v) is 14.7. The minimum atomic E-state index is -0.789. The number of hydrogen-bond donors (Lipinski definition) is 0. The maximum atomic E-state index is 12.9. The lowest BCUT2D eigenvalue weighted by molar-refractivity contribution is -0.167. The van der Waals surface area contributed by atoms with Crippen molar-refractivity contribution in [1.82, 2.24) is 0 Å². The Morgan fingerprint density at radius 1 is 0.273 bits per heavy atom. The maximum absolute atomic E-state index is 12.9. The highest BCUT2D eigenvalue weighted by Crippen LogP contribution is 2.18. The lowest BCUT2D eigenvalue weighted by Gasteiger charge is -2.18. The van der Waals surface area contributed by atoms with Gasteiger partial charge in [0.25, 0.3) is 0 Å². The van der Waals surface area contributed by atoms with Crippen LogP contribution in [0, 0.1) is 0 Å². The Morgan fingerprint density at radius 3 is 0.831 bits per heavy atom. The Bertz CT molecular complexity index is 1420. The third-order valence-electron chi connectivity index (χ3n) is 14.7. The molecule has 0 N–H and O–H groups in total. The molecule has 1 atom stereocenters. The summed E-state index contributed by atoms with van der Waals surface area (Å²) in [5.74, 6) is -0.895. The standard InChI is InChI=1S/C71H126O6/c1-4-7-10-13-16-19-22-25-28-30-32-33-34-35-36-37-38-40-41-43-46-49-52-55-58-61-64-70(73)76-67-68(66-75-69(72)63-60-57-54-51-48-45-27-24-21-18-15-12-9-6-3)77-71(74)65-62-59-56-53-50-47-44-42-39-31-29-26-23-20-17-14-11-8-5-2/h8,11,15,17-18,20,24,26-27,29,39,42,68H,4-7,9-10,12-14,16,19,21-23,25,28,30-38,40-41,43-67H2,1-3H3/b11-8-,18-15-,20-17-,27-24-,29-26-,42-39-. The molecule has 0 rings (SSSR count). The minimum absolute atomic E-state index is 0.0831. The third kappa shape index (κ3) is 63.6. The molecule has 0 bridgehead atoms. The molecule has 0 aromatic heterocycles. The van der Waals surface area contributed by atoms with E-state index in [-0.39, 0.29) is 31.1 Å². The lowest BCUT2D eigenvalue weighted by atomic mass is 10.0. The summed E-state index contributed by atoms with van der Waals surface area (Å²) in [7, 11) is 0. The fourth-order valence-corrected chi connectivity index (χ4v) is 9.69. The normalized spacial score (nSPS) is 12.5. The molecular formula is C71H126O6. The van der Waals surface area contributed by atoms with Crippen LogP contribution in [0.1, 0.15) is 342 Å². The molecule has 1 unspecified atom stereocenters. The molecule has 0 radical (unpaired) electrons. The molecule has 0 fully saturated rings. The number of esters is 3. The van der Waals surface area contributed by atoms with Crippen molar-refractivity contribution in [2.45, 2.75) is 348 Å². The van der Waals surface area contributed by atoms with Gasteiger partial charge < -0.3 is 14.2 Å². The van der Waals surface area contributed by atoms with Crippen molar-refractivity contribution < 1.29 is 28.6 Å². The summed E-state index contributed by atoms with van der Waals surface area (Å²) in [4.78, 5) is 38.3. The van der Waals surface area contributed by atoms with E-state index < -0.39 is 6.10 Å². The number of carbonyl (C=O) groups is 3. The molecule has 6 nitrogen and oxygen atoms in total.